The minimum absolute atomic E-state index is 0.0693. The number of halogens is 4. The van der Waals surface area contributed by atoms with Crippen LogP contribution in [0.4, 0.5) is 18.9 Å². The van der Waals surface area contributed by atoms with Crippen molar-refractivity contribution < 1.29 is 32.2 Å². The van der Waals surface area contributed by atoms with Crippen molar-refractivity contribution >= 4 is 29.2 Å². The van der Waals surface area contributed by atoms with E-state index in [0.717, 1.165) is 12.1 Å². The third-order valence-electron chi connectivity index (χ3n) is 4.18. The molecule has 0 saturated carbocycles. The summed E-state index contributed by atoms with van der Waals surface area (Å²) < 4.78 is 49.6. The number of alkyl halides is 3. The molecule has 0 atom stereocenters. The summed E-state index contributed by atoms with van der Waals surface area (Å²) in [6.45, 7) is 2.66. The average Bonchev–Trinajstić information content (AvgIpc) is 2.65. The number of nitrogens with one attached hydrogen (secondary N) is 2. The van der Waals surface area contributed by atoms with E-state index in [-0.39, 0.29) is 17.9 Å². The fourth-order valence-corrected chi connectivity index (χ4v) is 3.03. The predicted octanol–water partition coefficient (Wildman–Crippen LogP) is 4.61. The summed E-state index contributed by atoms with van der Waals surface area (Å²) in [6.07, 6.45) is -4.63. The zero-order chi connectivity index (χ0) is 22.8. The van der Waals surface area contributed by atoms with E-state index in [9.17, 15) is 22.8 Å². The van der Waals surface area contributed by atoms with E-state index in [2.05, 4.69) is 10.6 Å². The van der Waals surface area contributed by atoms with Crippen LogP contribution in [-0.2, 0) is 31.8 Å². The van der Waals surface area contributed by atoms with Crippen LogP contribution < -0.4 is 10.6 Å². The Kier molecular flexibility index (Phi) is 6.17. The molecule has 2 N–H and O–H groups in total. The van der Waals surface area contributed by atoms with Gasteiger partial charge in [0.2, 0.25) is 0 Å². The summed E-state index contributed by atoms with van der Waals surface area (Å²) in [5.74, 6) is -3.37. The van der Waals surface area contributed by atoms with Gasteiger partial charge in [0.15, 0.2) is 5.57 Å². The first kappa shape index (κ1) is 22.5. The van der Waals surface area contributed by atoms with Gasteiger partial charge in [0, 0.05) is 26.1 Å². The fourth-order valence-electron chi connectivity index (χ4n) is 2.81. The Bertz CT molecular complexity index is 1010. The largest absolute Gasteiger partial charge is 0.419 e. The lowest BCUT2D eigenvalue weighted by Gasteiger charge is -2.31. The molecule has 10 heteroatoms. The normalized spacial score (nSPS) is 15.7. The molecule has 3 rings (SSSR count). The van der Waals surface area contributed by atoms with E-state index in [1.165, 1.54) is 19.9 Å². The van der Waals surface area contributed by atoms with Crippen molar-refractivity contribution in [2.24, 2.45) is 0 Å². The lowest BCUT2D eigenvalue weighted by Crippen LogP contribution is -2.44. The minimum atomic E-state index is -4.63. The number of para-hydroxylation sites is 1. The van der Waals surface area contributed by atoms with Gasteiger partial charge in [-0.05, 0) is 29.8 Å². The van der Waals surface area contributed by atoms with Crippen molar-refractivity contribution in [3.8, 4) is 0 Å². The fraction of sp³-hybridized carbons (Fsp3) is 0.238. The highest BCUT2D eigenvalue weighted by Gasteiger charge is 2.41. The molecule has 1 fully saturated rings. The van der Waals surface area contributed by atoms with Gasteiger partial charge in [-0.3, -0.25) is 0 Å². The van der Waals surface area contributed by atoms with Gasteiger partial charge in [-0.15, -0.1) is 0 Å². The maximum absolute atomic E-state index is 13.1. The van der Waals surface area contributed by atoms with E-state index in [1.54, 1.807) is 30.3 Å². The first-order valence-electron chi connectivity index (χ1n) is 9.09. The number of carbonyl (C=O) groups excluding carboxylic acids is 2. The van der Waals surface area contributed by atoms with E-state index >= 15 is 0 Å². The molecule has 1 saturated heterocycles. The number of esters is 2. The molecule has 0 unspecified atom stereocenters. The predicted molar refractivity (Wildman–Crippen MR) is 107 cm³/mol. The molecule has 1 aliphatic rings. The number of anilines is 1. The SMILES string of the molecule is CC1(C)OC(=O)C(=C(NCc2ccc(Cl)c(C(F)(F)F)c2)Nc2ccccc2)C(=O)O1. The zero-order valence-electron chi connectivity index (χ0n) is 16.5. The number of benzene rings is 2. The van der Waals surface area contributed by atoms with Gasteiger partial charge in [-0.2, -0.15) is 13.2 Å². The summed E-state index contributed by atoms with van der Waals surface area (Å²) in [7, 11) is 0. The van der Waals surface area contributed by atoms with E-state index in [1.807, 2.05) is 0 Å². The van der Waals surface area contributed by atoms with Crippen molar-refractivity contribution in [1.29, 1.82) is 0 Å². The van der Waals surface area contributed by atoms with Crippen LogP contribution in [0.1, 0.15) is 25.0 Å². The Hall–Kier alpha value is -3.20. The van der Waals surface area contributed by atoms with Crippen molar-refractivity contribution in [1.82, 2.24) is 5.32 Å². The molecule has 0 aliphatic carbocycles. The highest BCUT2D eigenvalue weighted by molar-refractivity contribution is 6.31. The zero-order valence-corrected chi connectivity index (χ0v) is 17.2. The topological polar surface area (TPSA) is 76.7 Å². The molecule has 1 heterocycles. The second kappa shape index (κ2) is 8.50. The van der Waals surface area contributed by atoms with Crippen molar-refractivity contribution in [3.05, 3.63) is 76.1 Å². The van der Waals surface area contributed by atoms with Crippen LogP contribution in [0.5, 0.6) is 0 Å². The average molecular weight is 455 g/mol. The number of cyclic esters (lactones) is 2. The second-order valence-electron chi connectivity index (χ2n) is 7.09. The lowest BCUT2D eigenvalue weighted by molar-refractivity contribution is -0.222. The molecule has 0 bridgehead atoms. The molecular formula is C21H18ClF3N2O4. The first-order valence-corrected chi connectivity index (χ1v) is 9.46. The molecule has 164 valence electrons. The number of hydrogen-bond acceptors (Lipinski definition) is 6. The number of hydrogen-bond donors (Lipinski definition) is 2. The van der Waals surface area contributed by atoms with Crippen LogP contribution in [0, 0.1) is 0 Å². The monoisotopic (exact) mass is 454 g/mol. The summed E-state index contributed by atoms with van der Waals surface area (Å²) in [5, 5.41) is 5.25. The van der Waals surface area contributed by atoms with Crippen LogP contribution >= 0.6 is 11.6 Å². The highest BCUT2D eigenvalue weighted by Crippen LogP contribution is 2.35. The Morgan fingerprint density at radius 2 is 1.65 bits per heavy atom. The number of carbonyl (C=O) groups is 2. The molecule has 0 aromatic heterocycles. The van der Waals surface area contributed by atoms with Gasteiger partial charge in [-0.1, -0.05) is 35.9 Å². The van der Waals surface area contributed by atoms with Gasteiger partial charge in [0.05, 0.1) is 10.6 Å². The van der Waals surface area contributed by atoms with Crippen LogP contribution in [0.3, 0.4) is 0 Å². The molecule has 6 nitrogen and oxygen atoms in total. The van der Waals surface area contributed by atoms with Gasteiger partial charge in [0.25, 0.3) is 5.79 Å². The quantitative estimate of drug-likeness (QED) is 0.390. The highest BCUT2D eigenvalue weighted by atomic mass is 35.5. The maximum atomic E-state index is 13.1. The standard InChI is InChI=1S/C21H18ClF3N2O4/c1-20(2)30-18(28)16(19(29)31-20)17(27-13-6-4-3-5-7-13)26-11-12-8-9-15(22)14(10-12)21(23,24)25/h3-10,26-27H,11H2,1-2H3. The lowest BCUT2D eigenvalue weighted by atomic mass is 10.1. The molecule has 0 spiro atoms. The van der Waals surface area contributed by atoms with Crippen LogP contribution in [0.2, 0.25) is 5.02 Å². The molecule has 0 radical (unpaired) electrons. The van der Waals surface area contributed by atoms with Gasteiger partial charge in [-0.25, -0.2) is 9.59 Å². The van der Waals surface area contributed by atoms with Crippen molar-refractivity contribution in [3.63, 3.8) is 0 Å². The van der Waals surface area contributed by atoms with E-state index in [4.69, 9.17) is 21.1 Å². The molecule has 2 aromatic carbocycles. The van der Waals surface area contributed by atoms with Gasteiger partial charge < -0.3 is 20.1 Å². The summed E-state index contributed by atoms with van der Waals surface area (Å²) in [4.78, 5) is 24.9. The molecule has 0 amide bonds. The third kappa shape index (κ3) is 5.49. The van der Waals surface area contributed by atoms with Crippen molar-refractivity contribution in [2.75, 3.05) is 5.32 Å². The Labute approximate surface area is 181 Å². The van der Waals surface area contributed by atoms with Gasteiger partial charge >= 0.3 is 18.1 Å². The van der Waals surface area contributed by atoms with Crippen LogP contribution in [0.25, 0.3) is 0 Å². The number of rotatable bonds is 5. The molecule has 1 aliphatic heterocycles. The Morgan fingerprint density at radius 1 is 1.03 bits per heavy atom. The summed E-state index contributed by atoms with van der Waals surface area (Å²) in [5.41, 5.74) is -0.678. The summed E-state index contributed by atoms with van der Waals surface area (Å²) in [6, 6.07) is 12.0. The van der Waals surface area contributed by atoms with Gasteiger partial charge in [0.1, 0.15) is 5.82 Å². The molecule has 2 aromatic rings. The van der Waals surface area contributed by atoms with E-state index in [0.29, 0.717) is 5.69 Å². The van der Waals surface area contributed by atoms with Crippen LogP contribution in [0.15, 0.2) is 59.9 Å². The molecular weight excluding hydrogens is 437 g/mol. The first-order chi connectivity index (χ1) is 14.5. The van der Waals surface area contributed by atoms with Crippen LogP contribution in [-0.4, -0.2) is 17.7 Å². The number of ether oxygens (including phenoxy) is 2. The minimum Gasteiger partial charge on any atom is -0.419 e. The molecule has 31 heavy (non-hydrogen) atoms. The van der Waals surface area contributed by atoms with E-state index < -0.39 is 40.1 Å². The van der Waals surface area contributed by atoms with Crippen molar-refractivity contribution in [2.45, 2.75) is 32.4 Å². The maximum Gasteiger partial charge on any atom is 0.417 e. The second-order valence-corrected chi connectivity index (χ2v) is 7.49. The smallest absolute Gasteiger partial charge is 0.417 e. The third-order valence-corrected chi connectivity index (χ3v) is 4.51. The Balaban J connectivity index is 1.93. The Morgan fingerprint density at radius 3 is 2.23 bits per heavy atom. The summed E-state index contributed by atoms with van der Waals surface area (Å²) >= 11 is 5.65.